The first-order chi connectivity index (χ1) is 14.1. The van der Waals surface area contributed by atoms with E-state index in [1.54, 1.807) is 47.1 Å². The van der Waals surface area contributed by atoms with E-state index in [-0.39, 0.29) is 18.2 Å². The van der Waals surface area contributed by atoms with Gasteiger partial charge in [-0.3, -0.25) is 14.6 Å². The Morgan fingerprint density at radius 1 is 1.21 bits per heavy atom. The van der Waals surface area contributed by atoms with Crippen molar-refractivity contribution in [1.82, 2.24) is 19.9 Å². The SMILES string of the molecule is CCc1cc2c(N3CCN(C(=O)CC(=O)Nc4cccnc4)CC3)ncnc2s1. The summed E-state index contributed by atoms with van der Waals surface area (Å²) in [4.78, 5) is 43.7. The van der Waals surface area contributed by atoms with E-state index in [0.717, 1.165) is 22.5 Å². The van der Waals surface area contributed by atoms with Gasteiger partial charge in [-0.05, 0) is 24.6 Å². The number of carbonyl (C=O) groups excluding carboxylic acids is 2. The van der Waals surface area contributed by atoms with Gasteiger partial charge in [-0.15, -0.1) is 11.3 Å². The monoisotopic (exact) mass is 410 g/mol. The van der Waals surface area contributed by atoms with Crippen molar-refractivity contribution in [2.75, 3.05) is 36.4 Å². The maximum Gasteiger partial charge on any atom is 0.233 e. The minimum atomic E-state index is -0.326. The molecule has 0 atom stereocenters. The lowest BCUT2D eigenvalue weighted by Crippen LogP contribution is -2.49. The van der Waals surface area contributed by atoms with E-state index in [4.69, 9.17) is 0 Å². The molecule has 2 amide bonds. The van der Waals surface area contributed by atoms with E-state index < -0.39 is 0 Å². The van der Waals surface area contributed by atoms with Gasteiger partial charge in [-0.25, -0.2) is 9.97 Å². The number of nitrogens with zero attached hydrogens (tertiary/aromatic N) is 5. The molecule has 0 saturated carbocycles. The number of fused-ring (bicyclic) bond motifs is 1. The van der Waals surface area contributed by atoms with Crippen LogP contribution in [0.5, 0.6) is 0 Å². The number of amides is 2. The summed E-state index contributed by atoms with van der Waals surface area (Å²) in [7, 11) is 0. The highest BCUT2D eigenvalue weighted by Gasteiger charge is 2.25. The van der Waals surface area contributed by atoms with Crippen molar-refractivity contribution in [2.24, 2.45) is 0 Å². The van der Waals surface area contributed by atoms with Crippen LogP contribution in [0, 0.1) is 0 Å². The normalized spacial score (nSPS) is 14.2. The maximum absolute atomic E-state index is 12.5. The van der Waals surface area contributed by atoms with Crippen LogP contribution in [0.2, 0.25) is 0 Å². The largest absolute Gasteiger partial charge is 0.352 e. The molecule has 1 aliphatic rings. The third kappa shape index (κ3) is 4.34. The van der Waals surface area contributed by atoms with E-state index in [2.05, 4.69) is 38.2 Å². The highest BCUT2D eigenvalue weighted by molar-refractivity contribution is 7.18. The smallest absolute Gasteiger partial charge is 0.233 e. The van der Waals surface area contributed by atoms with E-state index >= 15 is 0 Å². The molecule has 3 aromatic rings. The molecule has 0 bridgehead atoms. The van der Waals surface area contributed by atoms with E-state index in [0.29, 0.717) is 31.9 Å². The van der Waals surface area contributed by atoms with E-state index in [9.17, 15) is 9.59 Å². The van der Waals surface area contributed by atoms with Gasteiger partial charge in [0.25, 0.3) is 0 Å². The molecule has 0 aliphatic carbocycles. The van der Waals surface area contributed by atoms with Crippen LogP contribution in [0.25, 0.3) is 10.2 Å². The number of thiophene rings is 1. The van der Waals surface area contributed by atoms with Crippen LogP contribution in [0.4, 0.5) is 11.5 Å². The summed E-state index contributed by atoms with van der Waals surface area (Å²) in [5.41, 5.74) is 0.588. The summed E-state index contributed by atoms with van der Waals surface area (Å²) in [5, 5.41) is 3.77. The Morgan fingerprint density at radius 2 is 2.03 bits per heavy atom. The van der Waals surface area contributed by atoms with Crippen molar-refractivity contribution in [1.29, 1.82) is 0 Å². The topological polar surface area (TPSA) is 91.3 Å². The van der Waals surface area contributed by atoms with Crippen LogP contribution >= 0.6 is 11.3 Å². The molecule has 4 heterocycles. The summed E-state index contributed by atoms with van der Waals surface area (Å²) in [5.74, 6) is 0.434. The summed E-state index contributed by atoms with van der Waals surface area (Å²) in [6.07, 6.45) is 5.59. The first-order valence-corrected chi connectivity index (χ1v) is 10.4. The van der Waals surface area contributed by atoms with Crippen LogP contribution in [-0.2, 0) is 16.0 Å². The highest BCUT2D eigenvalue weighted by atomic mass is 32.1. The van der Waals surface area contributed by atoms with Crippen LogP contribution in [0.15, 0.2) is 36.9 Å². The van der Waals surface area contributed by atoms with Gasteiger partial charge >= 0.3 is 0 Å². The Morgan fingerprint density at radius 3 is 2.76 bits per heavy atom. The van der Waals surface area contributed by atoms with Crippen LogP contribution < -0.4 is 10.2 Å². The minimum Gasteiger partial charge on any atom is -0.352 e. The van der Waals surface area contributed by atoms with Gasteiger partial charge < -0.3 is 15.1 Å². The molecule has 0 spiro atoms. The second-order valence-corrected chi connectivity index (χ2v) is 7.93. The summed E-state index contributed by atoms with van der Waals surface area (Å²) in [6.45, 7) is 4.62. The zero-order chi connectivity index (χ0) is 20.2. The molecule has 3 aromatic heterocycles. The van der Waals surface area contributed by atoms with Gasteiger partial charge in [0.05, 0.1) is 17.3 Å². The molecule has 0 unspecified atom stereocenters. The fourth-order valence-electron chi connectivity index (χ4n) is 3.38. The third-order valence-corrected chi connectivity index (χ3v) is 6.08. The van der Waals surface area contributed by atoms with Gasteiger partial charge in [0.15, 0.2) is 0 Å². The number of anilines is 2. The molecule has 1 N–H and O–H groups in total. The van der Waals surface area contributed by atoms with Gasteiger partial charge in [0, 0.05) is 37.3 Å². The molecule has 0 radical (unpaired) electrons. The lowest BCUT2D eigenvalue weighted by Gasteiger charge is -2.35. The average Bonchev–Trinajstić information content (AvgIpc) is 3.18. The van der Waals surface area contributed by atoms with Crippen molar-refractivity contribution in [2.45, 2.75) is 19.8 Å². The summed E-state index contributed by atoms with van der Waals surface area (Å²) < 4.78 is 0. The molecule has 1 saturated heterocycles. The van der Waals surface area contributed by atoms with Crippen molar-refractivity contribution in [3.05, 3.63) is 41.8 Å². The molecule has 9 heteroatoms. The Bertz CT molecular complexity index is 1010. The lowest BCUT2D eigenvalue weighted by molar-refractivity contribution is -0.134. The molecule has 29 heavy (non-hydrogen) atoms. The van der Waals surface area contributed by atoms with Crippen LogP contribution in [-0.4, -0.2) is 57.8 Å². The Hall–Kier alpha value is -3.07. The highest BCUT2D eigenvalue weighted by Crippen LogP contribution is 2.30. The van der Waals surface area contributed by atoms with Gasteiger partial charge in [-0.2, -0.15) is 0 Å². The fourth-order valence-corrected chi connectivity index (χ4v) is 4.31. The van der Waals surface area contributed by atoms with E-state index in [1.165, 1.54) is 4.88 Å². The number of pyridine rings is 1. The Kier molecular flexibility index (Phi) is 5.66. The van der Waals surface area contributed by atoms with E-state index in [1.807, 2.05) is 0 Å². The number of hydrogen-bond acceptors (Lipinski definition) is 7. The van der Waals surface area contributed by atoms with Crippen molar-refractivity contribution in [3.63, 3.8) is 0 Å². The standard InChI is InChI=1S/C20H22N6O2S/c1-2-15-10-16-19(22-13-23-20(16)29-15)26-8-6-25(7-9-26)18(28)11-17(27)24-14-4-3-5-21-12-14/h3-5,10,12-13H,2,6-9,11H2,1H3,(H,24,27). The summed E-state index contributed by atoms with van der Waals surface area (Å²) in [6, 6.07) is 5.64. The molecular weight excluding hydrogens is 388 g/mol. The van der Waals surface area contributed by atoms with Crippen molar-refractivity contribution < 1.29 is 9.59 Å². The zero-order valence-electron chi connectivity index (χ0n) is 16.2. The molecule has 150 valence electrons. The average molecular weight is 411 g/mol. The first-order valence-electron chi connectivity index (χ1n) is 9.60. The fraction of sp³-hybridized carbons (Fsp3) is 0.350. The van der Waals surface area contributed by atoms with Crippen LogP contribution in [0.3, 0.4) is 0 Å². The summed E-state index contributed by atoms with van der Waals surface area (Å²) >= 11 is 1.70. The number of piperazine rings is 1. The van der Waals surface area contributed by atoms with Gasteiger partial charge in [0.2, 0.25) is 11.8 Å². The number of carbonyl (C=O) groups is 2. The Balaban J connectivity index is 1.35. The molecule has 0 aromatic carbocycles. The second-order valence-electron chi connectivity index (χ2n) is 6.82. The molecule has 4 rings (SSSR count). The van der Waals surface area contributed by atoms with Crippen molar-refractivity contribution in [3.8, 4) is 0 Å². The molecule has 1 fully saturated rings. The lowest BCUT2D eigenvalue weighted by atomic mass is 10.2. The Labute approximate surface area is 172 Å². The second kappa shape index (κ2) is 8.52. The van der Waals surface area contributed by atoms with Crippen LogP contribution in [0.1, 0.15) is 18.2 Å². The molecule has 1 aliphatic heterocycles. The number of aromatic nitrogens is 3. The zero-order valence-corrected chi connectivity index (χ0v) is 17.0. The number of hydrogen-bond donors (Lipinski definition) is 1. The number of nitrogens with one attached hydrogen (secondary N) is 1. The number of aryl methyl sites for hydroxylation is 1. The predicted molar refractivity (Wildman–Crippen MR) is 113 cm³/mol. The predicted octanol–water partition coefficient (Wildman–Crippen LogP) is 2.33. The van der Waals surface area contributed by atoms with Crippen molar-refractivity contribution >= 4 is 44.9 Å². The maximum atomic E-state index is 12.5. The number of rotatable bonds is 5. The third-order valence-electron chi connectivity index (χ3n) is 4.90. The quantitative estimate of drug-likeness (QED) is 0.649. The minimum absolute atomic E-state index is 0.164. The molecular formula is C20H22N6O2S. The first kappa shape index (κ1) is 19.3. The van der Waals surface area contributed by atoms with Gasteiger partial charge in [0.1, 0.15) is 23.4 Å². The van der Waals surface area contributed by atoms with Gasteiger partial charge in [-0.1, -0.05) is 6.92 Å². The molecule has 8 nitrogen and oxygen atoms in total.